The highest BCUT2D eigenvalue weighted by Gasteiger charge is 2.12. The molecule has 2 atom stereocenters. The molecule has 0 aromatic heterocycles. The number of aliphatic hydroxyl groups is 1. The molecule has 72 valence electrons. The molecule has 2 nitrogen and oxygen atoms in total. The van der Waals surface area contributed by atoms with Gasteiger partial charge in [-0.25, -0.2) is 0 Å². The van der Waals surface area contributed by atoms with E-state index >= 15 is 0 Å². The summed E-state index contributed by atoms with van der Waals surface area (Å²) in [5, 5.41) is 9.94. The molecule has 0 saturated carbocycles. The third-order valence-corrected chi connectivity index (χ3v) is 2.63. The summed E-state index contributed by atoms with van der Waals surface area (Å²) in [6, 6.07) is 5.18. The van der Waals surface area contributed by atoms with Gasteiger partial charge >= 0.3 is 0 Å². The number of halogens is 2. The maximum Gasteiger partial charge on any atom is 0.0704 e. The van der Waals surface area contributed by atoms with E-state index in [1.807, 2.05) is 12.1 Å². The van der Waals surface area contributed by atoms with Crippen LogP contribution in [0.2, 0.25) is 5.02 Å². The molecule has 1 aromatic rings. The Morgan fingerprint density at radius 2 is 2.08 bits per heavy atom. The van der Waals surface area contributed by atoms with Gasteiger partial charge < -0.3 is 10.8 Å². The van der Waals surface area contributed by atoms with Crippen molar-refractivity contribution in [3.63, 3.8) is 0 Å². The van der Waals surface area contributed by atoms with E-state index in [2.05, 4.69) is 22.6 Å². The molecule has 0 bridgehead atoms. The van der Waals surface area contributed by atoms with Crippen LogP contribution >= 0.6 is 34.2 Å². The monoisotopic (exact) mass is 311 g/mol. The SMILES string of the molecule is CC(O)[C@@H](N)c1cc(Cl)cc(I)c1. The molecule has 0 fully saturated rings. The molecule has 0 amide bonds. The summed E-state index contributed by atoms with van der Waals surface area (Å²) in [4.78, 5) is 0. The van der Waals surface area contributed by atoms with Crippen molar-refractivity contribution in [1.82, 2.24) is 0 Å². The van der Waals surface area contributed by atoms with Gasteiger partial charge in [-0.1, -0.05) is 11.6 Å². The standard InChI is InChI=1S/C9H11ClINO/c1-5(13)9(12)6-2-7(10)4-8(11)3-6/h2-5,9,13H,12H2,1H3/t5?,9-/m1/s1. The second-order valence-corrected chi connectivity index (χ2v) is 4.65. The Balaban J connectivity index is 3.01. The molecule has 0 aliphatic rings. The van der Waals surface area contributed by atoms with E-state index < -0.39 is 6.10 Å². The van der Waals surface area contributed by atoms with Crippen LogP contribution in [0.1, 0.15) is 18.5 Å². The third-order valence-electron chi connectivity index (χ3n) is 1.79. The second kappa shape index (κ2) is 4.59. The van der Waals surface area contributed by atoms with Gasteiger partial charge in [0.2, 0.25) is 0 Å². The maximum absolute atomic E-state index is 9.29. The number of nitrogens with two attached hydrogens (primary N) is 1. The van der Waals surface area contributed by atoms with Gasteiger partial charge in [-0.05, 0) is 53.3 Å². The summed E-state index contributed by atoms with van der Waals surface area (Å²) in [6.07, 6.45) is -0.561. The first-order valence-electron chi connectivity index (χ1n) is 3.90. The lowest BCUT2D eigenvalue weighted by atomic mass is 10.0. The van der Waals surface area contributed by atoms with E-state index in [9.17, 15) is 5.11 Å². The summed E-state index contributed by atoms with van der Waals surface area (Å²) in [5.41, 5.74) is 6.63. The molecule has 1 aromatic carbocycles. The van der Waals surface area contributed by atoms with E-state index in [1.54, 1.807) is 13.0 Å². The number of hydrogen-bond donors (Lipinski definition) is 2. The number of benzene rings is 1. The smallest absolute Gasteiger partial charge is 0.0704 e. The van der Waals surface area contributed by atoms with Gasteiger partial charge in [-0.15, -0.1) is 0 Å². The summed E-state index contributed by atoms with van der Waals surface area (Å²) in [5.74, 6) is 0. The van der Waals surface area contributed by atoms with Gasteiger partial charge in [0.05, 0.1) is 12.1 Å². The molecule has 0 radical (unpaired) electrons. The van der Waals surface area contributed by atoms with Crippen molar-refractivity contribution in [1.29, 1.82) is 0 Å². The fourth-order valence-electron chi connectivity index (χ4n) is 1.05. The lowest BCUT2D eigenvalue weighted by Gasteiger charge is -2.15. The summed E-state index contributed by atoms with van der Waals surface area (Å²) < 4.78 is 1.02. The fraction of sp³-hybridized carbons (Fsp3) is 0.333. The molecular weight excluding hydrogens is 300 g/mol. The van der Waals surface area contributed by atoms with E-state index in [-0.39, 0.29) is 6.04 Å². The van der Waals surface area contributed by atoms with Gasteiger partial charge in [0.1, 0.15) is 0 Å². The van der Waals surface area contributed by atoms with Crippen LogP contribution in [0.4, 0.5) is 0 Å². The predicted octanol–water partition coefficient (Wildman–Crippen LogP) is 2.33. The first kappa shape index (κ1) is 11.2. The van der Waals surface area contributed by atoms with Crippen molar-refractivity contribution >= 4 is 34.2 Å². The Hall–Kier alpha value is 0.160. The van der Waals surface area contributed by atoms with E-state index in [1.165, 1.54) is 0 Å². The van der Waals surface area contributed by atoms with E-state index in [4.69, 9.17) is 17.3 Å². The van der Waals surface area contributed by atoms with Crippen LogP contribution in [0.15, 0.2) is 18.2 Å². The van der Waals surface area contributed by atoms with Crippen LogP contribution in [0.5, 0.6) is 0 Å². The Morgan fingerprint density at radius 1 is 1.46 bits per heavy atom. The van der Waals surface area contributed by atoms with Crippen LogP contribution in [0, 0.1) is 3.57 Å². The molecular formula is C9H11ClINO. The summed E-state index contributed by atoms with van der Waals surface area (Å²) >= 11 is 8.02. The van der Waals surface area contributed by atoms with Crippen molar-refractivity contribution in [3.05, 3.63) is 32.4 Å². The van der Waals surface area contributed by atoms with Gasteiger partial charge in [-0.3, -0.25) is 0 Å². The highest BCUT2D eigenvalue weighted by Crippen LogP contribution is 2.22. The predicted molar refractivity (Wildman–Crippen MR) is 62.8 cm³/mol. The van der Waals surface area contributed by atoms with Crippen LogP contribution in [0.3, 0.4) is 0 Å². The lowest BCUT2D eigenvalue weighted by Crippen LogP contribution is -2.23. The molecule has 0 aliphatic carbocycles. The first-order chi connectivity index (χ1) is 6.00. The zero-order chi connectivity index (χ0) is 10.0. The molecule has 0 spiro atoms. The Morgan fingerprint density at radius 3 is 2.54 bits per heavy atom. The normalized spacial score (nSPS) is 15.5. The highest BCUT2D eigenvalue weighted by atomic mass is 127. The van der Waals surface area contributed by atoms with Crippen molar-refractivity contribution in [3.8, 4) is 0 Å². The zero-order valence-corrected chi connectivity index (χ0v) is 10.1. The van der Waals surface area contributed by atoms with Gasteiger partial charge in [0, 0.05) is 8.59 Å². The van der Waals surface area contributed by atoms with Gasteiger partial charge in [-0.2, -0.15) is 0 Å². The molecule has 0 heterocycles. The van der Waals surface area contributed by atoms with Crippen LogP contribution in [-0.4, -0.2) is 11.2 Å². The van der Waals surface area contributed by atoms with Crippen LogP contribution in [-0.2, 0) is 0 Å². The number of rotatable bonds is 2. The molecule has 13 heavy (non-hydrogen) atoms. The molecule has 0 aliphatic heterocycles. The first-order valence-corrected chi connectivity index (χ1v) is 5.36. The van der Waals surface area contributed by atoms with E-state index in [0.717, 1.165) is 9.13 Å². The topological polar surface area (TPSA) is 46.2 Å². The number of aliphatic hydroxyl groups excluding tert-OH is 1. The zero-order valence-electron chi connectivity index (χ0n) is 7.17. The molecule has 1 unspecified atom stereocenters. The lowest BCUT2D eigenvalue weighted by molar-refractivity contribution is 0.164. The summed E-state index contributed by atoms with van der Waals surface area (Å²) in [7, 11) is 0. The Labute approximate surface area is 96.2 Å². The maximum atomic E-state index is 9.29. The Kier molecular flexibility index (Phi) is 3.97. The van der Waals surface area contributed by atoms with E-state index in [0.29, 0.717) is 5.02 Å². The minimum atomic E-state index is -0.561. The molecule has 1 rings (SSSR count). The minimum Gasteiger partial charge on any atom is -0.391 e. The van der Waals surface area contributed by atoms with Crippen molar-refractivity contribution in [2.75, 3.05) is 0 Å². The van der Waals surface area contributed by atoms with Gasteiger partial charge in [0.15, 0.2) is 0 Å². The highest BCUT2D eigenvalue weighted by molar-refractivity contribution is 14.1. The van der Waals surface area contributed by atoms with Crippen molar-refractivity contribution in [2.24, 2.45) is 5.73 Å². The van der Waals surface area contributed by atoms with Crippen molar-refractivity contribution < 1.29 is 5.11 Å². The number of hydrogen-bond acceptors (Lipinski definition) is 2. The minimum absolute atomic E-state index is 0.368. The molecule has 3 N–H and O–H groups in total. The Bertz CT molecular complexity index is 283. The van der Waals surface area contributed by atoms with Crippen LogP contribution < -0.4 is 5.73 Å². The average Bonchev–Trinajstić information content (AvgIpc) is 2.01. The second-order valence-electron chi connectivity index (χ2n) is 2.97. The van der Waals surface area contributed by atoms with Gasteiger partial charge in [0.25, 0.3) is 0 Å². The molecule has 4 heteroatoms. The largest absolute Gasteiger partial charge is 0.391 e. The van der Waals surface area contributed by atoms with Crippen molar-refractivity contribution in [2.45, 2.75) is 19.1 Å². The quantitative estimate of drug-likeness (QED) is 0.824. The third kappa shape index (κ3) is 3.09. The average molecular weight is 312 g/mol. The van der Waals surface area contributed by atoms with Crippen LogP contribution in [0.25, 0.3) is 0 Å². The summed E-state index contributed by atoms with van der Waals surface area (Å²) in [6.45, 7) is 1.67. The molecule has 0 saturated heterocycles. The fourth-order valence-corrected chi connectivity index (χ4v) is 2.17.